The van der Waals surface area contributed by atoms with E-state index in [2.05, 4.69) is 66.0 Å². The summed E-state index contributed by atoms with van der Waals surface area (Å²) in [6.07, 6.45) is 0.800. The van der Waals surface area contributed by atoms with Crippen LogP contribution in [0.3, 0.4) is 0 Å². The van der Waals surface area contributed by atoms with Crippen LogP contribution in [0.25, 0.3) is 11.3 Å². The van der Waals surface area contributed by atoms with Crippen LogP contribution >= 0.6 is 22.7 Å². The first-order valence-corrected chi connectivity index (χ1v) is 12.5. The molecule has 0 saturated carbocycles. The number of hydrogen-bond donors (Lipinski definition) is 0. The van der Waals surface area contributed by atoms with E-state index in [0.717, 1.165) is 45.6 Å². The Morgan fingerprint density at radius 1 is 0.939 bits per heavy atom. The normalized spacial score (nSPS) is 15.6. The van der Waals surface area contributed by atoms with Crippen molar-refractivity contribution in [3.05, 3.63) is 80.9 Å². The van der Waals surface area contributed by atoms with Gasteiger partial charge in [0.2, 0.25) is 5.13 Å². The molecule has 0 fully saturated rings. The van der Waals surface area contributed by atoms with Crippen LogP contribution in [0.5, 0.6) is 11.5 Å². The molecule has 5 nitrogen and oxygen atoms in total. The number of nitrogens with zero attached hydrogens (tertiary/aromatic N) is 3. The number of hydrazone groups is 1. The van der Waals surface area contributed by atoms with E-state index in [-0.39, 0.29) is 6.04 Å². The molecule has 33 heavy (non-hydrogen) atoms. The zero-order chi connectivity index (χ0) is 22.9. The molecule has 5 rings (SSSR count). The molecule has 0 bridgehead atoms. The van der Waals surface area contributed by atoms with Crippen LogP contribution in [0.2, 0.25) is 0 Å². The van der Waals surface area contributed by atoms with Gasteiger partial charge in [0.25, 0.3) is 0 Å². The number of thiazole rings is 1. The first-order valence-electron chi connectivity index (χ1n) is 10.7. The van der Waals surface area contributed by atoms with E-state index in [0.29, 0.717) is 0 Å². The smallest absolute Gasteiger partial charge is 0.207 e. The second kappa shape index (κ2) is 9.00. The Morgan fingerprint density at radius 3 is 2.52 bits per heavy atom. The Hall–Kier alpha value is -3.16. The van der Waals surface area contributed by atoms with E-state index in [1.807, 2.05) is 12.1 Å². The number of methoxy groups -OCH3 is 2. The van der Waals surface area contributed by atoms with Gasteiger partial charge in [0.1, 0.15) is 0 Å². The molecule has 1 atom stereocenters. The third kappa shape index (κ3) is 4.14. The minimum Gasteiger partial charge on any atom is -0.493 e. The first kappa shape index (κ1) is 21.7. The predicted molar refractivity (Wildman–Crippen MR) is 137 cm³/mol. The fourth-order valence-corrected chi connectivity index (χ4v) is 5.55. The summed E-state index contributed by atoms with van der Waals surface area (Å²) in [5.74, 6) is 1.44. The van der Waals surface area contributed by atoms with Gasteiger partial charge in [-0.1, -0.05) is 24.3 Å². The molecule has 0 aliphatic carbocycles. The number of anilines is 1. The maximum Gasteiger partial charge on any atom is 0.207 e. The van der Waals surface area contributed by atoms with Gasteiger partial charge < -0.3 is 9.47 Å². The number of aromatic nitrogens is 1. The highest BCUT2D eigenvalue weighted by atomic mass is 32.1. The number of benzene rings is 2. The molecule has 1 aliphatic rings. The van der Waals surface area contributed by atoms with Crippen molar-refractivity contribution < 1.29 is 9.47 Å². The van der Waals surface area contributed by atoms with Crippen molar-refractivity contribution in [2.24, 2.45) is 5.10 Å². The van der Waals surface area contributed by atoms with Crippen LogP contribution in [0, 0.1) is 13.8 Å². The van der Waals surface area contributed by atoms with Crippen LogP contribution < -0.4 is 14.5 Å². The van der Waals surface area contributed by atoms with E-state index in [4.69, 9.17) is 19.6 Å². The van der Waals surface area contributed by atoms with E-state index < -0.39 is 0 Å². The fourth-order valence-electron chi connectivity index (χ4n) is 4.00. The zero-order valence-corrected chi connectivity index (χ0v) is 20.7. The van der Waals surface area contributed by atoms with Crippen LogP contribution in [-0.4, -0.2) is 24.9 Å². The summed E-state index contributed by atoms with van der Waals surface area (Å²) in [5.41, 5.74) is 6.85. The molecule has 3 heterocycles. The van der Waals surface area contributed by atoms with Crippen molar-refractivity contribution in [1.29, 1.82) is 0 Å². The van der Waals surface area contributed by atoms with Crippen LogP contribution in [0.15, 0.2) is 64.4 Å². The number of thiophene rings is 1. The predicted octanol–water partition coefficient (Wildman–Crippen LogP) is 6.86. The molecule has 2 aromatic carbocycles. The molecule has 0 saturated heterocycles. The van der Waals surface area contributed by atoms with Crippen molar-refractivity contribution in [1.82, 2.24) is 4.98 Å². The highest BCUT2D eigenvalue weighted by Gasteiger charge is 2.32. The number of ether oxygens (including phenoxy) is 2. The Balaban J connectivity index is 1.54. The largest absolute Gasteiger partial charge is 0.493 e. The second-order valence-electron chi connectivity index (χ2n) is 8.02. The zero-order valence-electron chi connectivity index (χ0n) is 19.0. The van der Waals surface area contributed by atoms with Crippen LogP contribution in [-0.2, 0) is 0 Å². The molecule has 1 aliphatic heterocycles. The second-order valence-corrected chi connectivity index (χ2v) is 9.80. The average Bonchev–Trinajstić information content (AvgIpc) is 3.60. The highest BCUT2D eigenvalue weighted by molar-refractivity contribution is 7.14. The maximum atomic E-state index is 5.57. The van der Waals surface area contributed by atoms with Gasteiger partial charge in [-0.05, 0) is 60.2 Å². The summed E-state index contributed by atoms with van der Waals surface area (Å²) in [4.78, 5) is 6.17. The summed E-state index contributed by atoms with van der Waals surface area (Å²) in [6, 6.07) is 16.8. The summed E-state index contributed by atoms with van der Waals surface area (Å²) in [6.45, 7) is 4.27. The molecule has 0 unspecified atom stereocenters. The van der Waals surface area contributed by atoms with Crippen LogP contribution in [0.4, 0.5) is 5.13 Å². The van der Waals surface area contributed by atoms with Gasteiger partial charge in [-0.3, -0.25) is 0 Å². The number of hydrogen-bond acceptors (Lipinski definition) is 7. The molecular weight excluding hydrogens is 450 g/mol. The van der Waals surface area contributed by atoms with Crippen molar-refractivity contribution in [3.63, 3.8) is 0 Å². The van der Waals surface area contributed by atoms with Crippen molar-refractivity contribution >= 4 is 33.5 Å². The van der Waals surface area contributed by atoms with Crippen molar-refractivity contribution in [2.75, 3.05) is 19.2 Å². The van der Waals surface area contributed by atoms with Gasteiger partial charge >= 0.3 is 0 Å². The Labute approximate surface area is 202 Å². The maximum absolute atomic E-state index is 5.57. The van der Waals surface area contributed by atoms with Gasteiger partial charge in [-0.25, -0.2) is 9.99 Å². The quantitative estimate of drug-likeness (QED) is 0.306. The average molecular weight is 476 g/mol. The highest BCUT2D eigenvalue weighted by Crippen LogP contribution is 2.42. The van der Waals surface area contributed by atoms with E-state index in [9.17, 15) is 0 Å². The first-order chi connectivity index (χ1) is 16.1. The lowest BCUT2D eigenvalue weighted by atomic mass is 10.0. The number of rotatable bonds is 6. The van der Waals surface area contributed by atoms with Crippen molar-refractivity contribution in [3.8, 4) is 22.8 Å². The van der Waals surface area contributed by atoms with Gasteiger partial charge in [-0.15, -0.1) is 22.7 Å². The van der Waals surface area contributed by atoms with Gasteiger partial charge in [0.15, 0.2) is 11.5 Å². The van der Waals surface area contributed by atoms with E-state index in [1.165, 1.54) is 16.0 Å². The van der Waals surface area contributed by atoms with E-state index in [1.54, 1.807) is 36.9 Å². The molecule has 0 spiro atoms. The molecule has 7 heteroatoms. The lowest BCUT2D eigenvalue weighted by molar-refractivity contribution is 0.354. The van der Waals surface area contributed by atoms with Gasteiger partial charge in [-0.2, -0.15) is 5.10 Å². The van der Waals surface area contributed by atoms with Crippen molar-refractivity contribution in [2.45, 2.75) is 26.3 Å². The monoisotopic (exact) mass is 475 g/mol. The molecule has 168 valence electrons. The minimum atomic E-state index is 0.0284. The molecule has 0 radical (unpaired) electrons. The third-order valence-corrected chi connectivity index (χ3v) is 7.75. The fraction of sp³-hybridized carbons (Fsp3) is 0.231. The number of aryl methyl sites for hydroxylation is 2. The minimum absolute atomic E-state index is 0.0284. The topological polar surface area (TPSA) is 47.0 Å². The standard InChI is InChI=1S/C26H25N3O2S2/c1-16-7-8-18(12-17(16)2)21-15-33-26(27-21)29-22(14-20(28-29)25-6-5-11-32-25)19-9-10-23(30-3)24(13-19)31-4/h5-13,15,22H,14H2,1-4H3/t22-/m0/s1. The Morgan fingerprint density at radius 2 is 1.79 bits per heavy atom. The molecule has 0 N–H and O–H groups in total. The SMILES string of the molecule is COc1ccc([C@@H]2CC(c3cccs3)=NN2c2nc(-c3ccc(C)c(C)c3)cs2)cc1OC. The summed E-state index contributed by atoms with van der Waals surface area (Å²) in [5, 5.41) is 12.2. The summed E-state index contributed by atoms with van der Waals surface area (Å²) < 4.78 is 11.0. The van der Waals surface area contributed by atoms with Crippen LogP contribution in [0.1, 0.15) is 34.0 Å². The lowest BCUT2D eigenvalue weighted by Crippen LogP contribution is -2.18. The Kier molecular flexibility index (Phi) is 5.91. The molecule has 0 amide bonds. The molecule has 4 aromatic rings. The third-order valence-electron chi connectivity index (χ3n) is 6.00. The molecule has 2 aromatic heterocycles. The van der Waals surface area contributed by atoms with Gasteiger partial charge in [0.05, 0.1) is 36.5 Å². The molecular formula is C26H25N3O2S2. The Bertz CT molecular complexity index is 1310. The van der Waals surface area contributed by atoms with Gasteiger partial charge in [0, 0.05) is 17.4 Å². The summed E-state index contributed by atoms with van der Waals surface area (Å²) >= 11 is 3.34. The lowest BCUT2D eigenvalue weighted by Gasteiger charge is -2.22. The van der Waals surface area contributed by atoms with E-state index >= 15 is 0 Å². The summed E-state index contributed by atoms with van der Waals surface area (Å²) in [7, 11) is 3.32.